The maximum absolute atomic E-state index is 5.52. The van der Waals surface area contributed by atoms with Crippen LogP contribution < -0.4 is 5.32 Å². The zero-order valence-electron chi connectivity index (χ0n) is 10.6. The Morgan fingerprint density at radius 1 is 1.19 bits per heavy atom. The van der Waals surface area contributed by atoms with Crippen molar-refractivity contribution in [2.24, 2.45) is 0 Å². The third-order valence-corrected chi connectivity index (χ3v) is 3.97. The van der Waals surface area contributed by atoms with Gasteiger partial charge in [0.2, 0.25) is 0 Å². The second-order valence-electron chi connectivity index (χ2n) is 4.71. The number of nitrogens with one attached hydrogen (secondary N) is 1. The predicted molar refractivity (Wildman–Crippen MR) is 73.9 cm³/mol. The van der Waals surface area contributed by atoms with E-state index in [1.165, 1.54) is 18.5 Å². The molecule has 0 amide bonds. The van der Waals surface area contributed by atoms with E-state index in [4.69, 9.17) is 4.43 Å². The Bertz CT molecular complexity index is 287. The Hall–Kier alpha value is -0.803. The highest BCUT2D eigenvalue weighted by atomic mass is 28.2. The molecular weight excluding hydrogens is 214 g/mol. The third kappa shape index (κ3) is 5.33. The van der Waals surface area contributed by atoms with Crippen LogP contribution in [0.3, 0.4) is 0 Å². The minimum absolute atomic E-state index is 0.0823. The molecule has 0 fully saturated rings. The first-order valence-electron chi connectivity index (χ1n) is 5.98. The summed E-state index contributed by atoms with van der Waals surface area (Å²) in [6.45, 7) is 5.39. The molecule has 0 unspecified atom stereocenters. The van der Waals surface area contributed by atoms with E-state index < -0.39 is 0 Å². The fourth-order valence-electron chi connectivity index (χ4n) is 1.57. The Balaban J connectivity index is 2.09. The molecule has 0 spiro atoms. The molecular formula is C13H23NOSi. The van der Waals surface area contributed by atoms with Crippen LogP contribution in [0, 0.1) is 0 Å². The molecule has 0 saturated heterocycles. The van der Waals surface area contributed by atoms with Crippen molar-refractivity contribution in [2.45, 2.75) is 38.7 Å². The van der Waals surface area contributed by atoms with Crippen molar-refractivity contribution >= 4 is 16.2 Å². The van der Waals surface area contributed by atoms with Crippen LogP contribution in [-0.4, -0.2) is 22.6 Å². The summed E-state index contributed by atoms with van der Waals surface area (Å²) in [5.74, 6) is 0. The van der Waals surface area contributed by atoms with Gasteiger partial charge in [-0.3, -0.25) is 0 Å². The summed E-state index contributed by atoms with van der Waals surface area (Å²) in [7, 11) is 0.831. The van der Waals surface area contributed by atoms with E-state index in [0.29, 0.717) is 0 Å². The molecule has 0 aliphatic rings. The summed E-state index contributed by atoms with van der Waals surface area (Å²) >= 11 is 0. The smallest absolute Gasteiger partial charge is 0.146 e. The quantitative estimate of drug-likeness (QED) is 0.580. The van der Waals surface area contributed by atoms with E-state index in [2.05, 4.69) is 43.4 Å². The lowest BCUT2D eigenvalue weighted by atomic mass is 10.0. The van der Waals surface area contributed by atoms with Gasteiger partial charge in [-0.25, -0.2) is 0 Å². The van der Waals surface area contributed by atoms with Crippen molar-refractivity contribution < 1.29 is 4.43 Å². The molecule has 1 aromatic carbocycles. The Kier molecular flexibility index (Phi) is 5.56. The van der Waals surface area contributed by atoms with Gasteiger partial charge >= 0.3 is 0 Å². The molecule has 0 atom stereocenters. The Morgan fingerprint density at radius 3 is 2.50 bits per heavy atom. The number of anilines is 1. The van der Waals surface area contributed by atoms with Crippen LogP contribution in [0.5, 0.6) is 0 Å². The highest BCUT2D eigenvalue weighted by Gasteiger charge is 2.13. The molecule has 0 radical (unpaired) electrons. The maximum Gasteiger partial charge on any atom is 0.146 e. The van der Waals surface area contributed by atoms with Crippen LogP contribution in [0.25, 0.3) is 0 Å². The zero-order valence-corrected chi connectivity index (χ0v) is 12.6. The third-order valence-electron chi connectivity index (χ3n) is 2.86. The average molecular weight is 237 g/mol. The zero-order chi connectivity index (χ0) is 11.9. The Labute approximate surface area is 102 Å². The van der Waals surface area contributed by atoms with Gasteiger partial charge in [0, 0.05) is 17.8 Å². The lowest BCUT2D eigenvalue weighted by Gasteiger charge is -2.23. The minimum Gasteiger partial charge on any atom is -0.423 e. The molecule has 0 aromatic heterocycles. The monoisotopic (exact) mass is 237 g/mol. The van der Waals surface area contributed by atoms with E-state index in [-0.39, 0.29) is 5.60 Å². The summed E-state index contributed by atoms with van der Waals surface area (Å²) in [5.41, 5.74) is 1.29. The van der Waals surface area contributed by atoms with Gasteiger partial charge in [-0.05, 0) is 45.2 Å². The Morgan fingerprint density at radius 2 is 1.88 bits per heavy atom. The molecule has 0 heterocycles. The molecule has 1 rings (SSSR count). The summed E-state index contributed by atoms with van der Waals surface area (Å²) in [6, 6.07) is 10.4. The SMILES string of the molecule is CC(C)(CCCCNc1ccccc1)O[SiH3]. The lowest BCUT2D eigenvalue weighted by Crippen LogP contribution is -2.23. The number of unbranched alkanes of at least 4 members (excludes halogenated alkanes) is 1. The van der Waals surface area contributed by atoms with Gasteiger partial charge in [-0.15, -0.1) is 0 Å². The molecule has 1 N–H and O–H groups in total. The van der Waals surface area contributed by atoms with Gasteiger partial charge in [-0.2, -0.15) is 0 Å². The molecule has 0 aliphatic heterocycles. The number of rotatable bonds is 7. The molecule has 1 aromatic rings. The molecule has 16 heavy (non-hydrogen) atoms. The van der Waals surface area contributed by atoms with Crippen molar-refractivity contribution in [3.63, 3.8) is 0 Å². The van der Waals surface area contributed by atoms with Crippen molar-refractivity contribution in [1.29, 1.82) is 0 Å². The number of para-hydroxylation sites is 1. The molecule has 90 valence electrons. The van der Waals surface area contributed by atoms with Crippen molar-refractivity contribution in [3.05, 3.63) is 30.3 Å². The van der Waals surface area contributed by atoms with Gasteiger partial charge < -0.3 is 9.74 Å². The normalized spacial score (nSPS) is 11.6. The molecule has 0 saturated carbocycles. The molecule has 0 aliphatic carbocycles. The summed E-state index contributed by atoms with van der Waals surface area (Å²) < 4.78 is 5.52. The standard InChI is InChI=1S/C13H23NOSi/c1-13(2,15-16)10-6-7-11-14-12-8-4-3-5-9-12/h3-5,8-9,14H,6-7,10-11H2,1-2,16H3. The summed E-state index contributed by atoms with van der Waals surface area (Å²) in [6.07, 6.45) is 3.56. The van der Waals surface area contributed by atoms with E-state index in [1.54, 1.807) is 0 Å². The molecule has 2 nitrogen and oxygen atoms in total. The number of hydrogen-bond acceptors (Lipinski definition) is 2. The highest BCUT2D eigenvalue weighted by molar-refractivity contribution is 5.98. The predicted octanol–water partition coefficient (Wildman–Crippen LogP) is 2.34. The first kappa shape index (κ1) is 13.3. The first-order chi connectivity index (χ1) is 7.64. The largest absolute Gasteiger partial charge is 0.423 e. The number of hydrogen-bond donors (Lipinski definition) is 1. The molecule has 3 heteroatoms. The summed E-state index contributed by atoms with van der Waals surface area (Å²) in [4.78, 5) is 0. The first-order valence-corrected chi connectivity index (χ1v) is 6.80. The molecule has 0 bridgehead atoms. The van der Waals surface area contributed by atoms with Gasteiger partial charge in [-0.1, -0.05) is 18.2 Å². The summed E-state index contributed by atoms with van der Waals surface area (Å²) in [5, 5.41) is 3.42. The van der Waals surface area contributed by atoms with E-state index >= 15 is 0 Å². The topological polar surface area (TPSA) is 21.3 Å². The van der Waals surface area contributed by atoms with Crippen LogP contribution in [0.2, 0.25) is 0 Å². The maximum atomic E-state index is 5.52. The minimum atomic E-state index is 0.0823. The lowest BCUT2D eigenvalue weighted by molar-refractivity contribution is 0.110. The van der Waals surface area contributed by atoms with Crippen molar-refractivity contribution in [1.82, 2.24) is 0 Å². The van der Waals surface area contributed by atoms with E-state index in [0.717, 1.165) is 23.5 Å². The van der Waals surface area contributed by atoms with Crippen LogP contribution in [0.1, 0.15) is 33.1 Å². The van der Waals surface area contributed by atoms with Crippen molar-refractivity contribution in [3.8, 4) is 0 Å². The van der Waals surface area contributed by atoms with Gasteiger partial charge in [0.1, 0.15) is 10.5 Å². The van der Waals surface area contributed by atoms with Crippen LogP contribution >= 0.6 is 0 Å². The van der Waals surface area contributed by atoms with Gasteiger partial charge in [0.25, 0.3) is 0 Å². The van der Waals surface area contributed by atoms with E-state index in [9.17, 15) is 0 Å². The average Bonchev–Trinajstić information content (AvgIpc) is 2.30. The fraction of sp³-hybridized carbons (Fsp3) is 0.538. The number of benzene rings is 1. The van der Waals surface area contributed by atoms with Gasteiger partial charge in [0.15, 0.2) is 0 Å². The van der Waals surface area contributed by atoms with Crippen molar-refractivity contribution in [2.75, 3.05) is 11.9 Å². The van der Waals surface area contributed by atoms with Gasteiger partial charge in [0.05, 0.1) is 0 Å². The van der Waals surface area contributed by atoms with Crippen LogP contribution in [0.15, 0.2) is 30.3 Å². The van der Waals surface area contributed by atoms with Crippen LogP contribution in [-0.2, 0) is 4.43 Å². The second kappa shape index (κ2) is 6.71. The second-order valence-corrected chi connectivity index (χ2v) is 5.12. The fourth-order valence-corrected chi connectivity index (χ4v) is 1.77. The highest BCUT2D eigenvalue weighted by Crippen LogP contribution is 2.16. The van der Waals surface area contributed by atoms with Crippen LogP contribution in [0.4, 0.5) is 5.69 Å². The van der Waals surface area contributed by atoms with E-state index in [1.807, 2.05) is 6.07 Å².